The van der Waals surface area contributed by atoms with Gasteiger partial charge in [-0.25, -0.2) is 4.79 Å². The van der Waals surface area contributed by atoms with Crippen LogP contribution in [0, 0.1) is 0 Å². The van der Waals surface area contributed by atoms with Gasteiger partial charge in [-0.1, -0.05) is 30.1 Å². The van der Waals surface area contributed by atoms with Crippen LogP contribution in [0.2, 0.25) is 10.0 Å². The molecule has 0 unspecified atom stereocenters. The van der Waals surface area contributed by atoms with E-state index in [1.807, 2.05) is 6.92 Å². The van der Waals surface area contributed by atoms with Gasteiger partial charge in [0.25, 0.3) is 11.8 Å². The third-order valence-electron chi connectivity index (χ3n) is 3.49. The highest BCUT2D eigenvalue weighted by molar-refractivity contribution is 6.35. The first kappa shape index (κ1) is 23.3. The van der Waals surface area contributed by atoms with Crippen molar-refractivity contribution in [3.8, 4) is 11.5 Å². The van der Waals surface area contributed by atoms with Crippen molar-refractivity contribution in [2.24, 2.45) is 0 Å². The number of halogens is 2. The molecule has 30 heavy (non-hydrogen) atoms. The molecule has 0 aliphatic carbocycles. The molecule has 2 amide bonds. The predicted octanol–water partition coefficient (Wildman–Crippen LogP) is 3.17. The Labute approximate surface area is 183 Å². The molecule has 2 aromatic carbocycles. The molecule has 0 atom stereocenters. The van der Waals surface area contributed by atoms with Gasteiger partial charge in [0.1, 0.15) is 11.5 Å². The first-order chi connectivity index (χ1) is 14.4. The normalized spacial score (nSPS) is 10.1. The number of hydrogen-bond donors (Lipinski definition) is 2. The summed E-state index contributed by atoms with van der Waals surface area (Å²) in [5.41, 5.74) is 4.77. The van der Waals surface area contributed by atoms with Gasteiger partial charge in [-0.05, 0) is 48.9 Å². The Bertz CT molecular complexity index is 889. The predicted molar refractivity (Wildman–Crippen MR) is 111 cm³/mol. The largest absolute Gasteiger partial charge is 0.484 e. The van der Waals surface area contributed by atoms with Crippen LogP contribution >= 0.6 is 23.2 Å². The summed E-state index contributed by atoms with van der Waals surface area (Å²) in [7, 11) is 0. The first-order valence-corrected chi connectivity index (χ1v) is 9.70. The molecular formula is C20H20Cl2N2O6. The van der Waals surface area contributed by atoms with Crippen LogP contribution in [-0.2, 0) is 14.3 Å². The lowest BCUT2D eigenvalue weighted by atomic mass is 10.2. The third kappa shape index (κ3) is 7.81. The summed E-state index contributed by atoms with van der Waals surface area (Å²) in [5.74, 6) is -0.938. The first-order valence-electron chi connectivity index (χ1n) is 8.94. The highest BCUT2D eigenvalue weighted by Crippen LogP contribution is 2.27. The van der Waals surface area contributed by atoms with E-state index >= 15 is 0 Å². The molecule has 0 aliphatic rings. The fraction of sp³-hybridized carbons (Fsp3) is 0.250. The Kier molecular flexibility index (Phi) is 9.24. The lowest BCUT2D eigenvalue weighted by Crippen LogP contribution is -2.45. The molecule has 10 heteroatoms. The molecule has 0 fully saturated rings. The van der Waals surface area contributed by atoms with Crippen molar-refractivity contribution in [1.29, 1.82) is 0 Å². The molecule has 2 aromatic rings. The lowest BCUT2D eigenvalue weighted by Gasteiger charge is -2.10. The van der Waals surface area contributed by atoms with Gasteiger partial charge >= 0.3 is 5.97 Å². The number of hydrogen-bond acceptors (Lipinski definition) is 6. The maximum absolute atomic E-state index is 11.8. The monoisotopic (exact) mass is 454 g/mol. The van der Waals surface area contributed by atoms with Gasteiger partial charge < -0.3 is 14.2 Å². The standard InChI is InChI=1S/C20H20Cl2N2O6/c1-2-9-28-20(27)13-3-6-15(7-4-13)29-11-18(25)23-24-19(26)12-30-17-8-5-14(21)10-16(17)22/h3-8,10H,2,9,11-12H2,1H3,(H,23,25)(H,24,26). The minimum atomic E-state index is -0.593. The van der Waals surface area contributed by atoms with E-state index in [0.29, 0.717) is 22.9 Å². The zero-order chi connectivity index (χ0) is 21.9. The summed E-state index contributed by atoms with van der Waals surface area (Å²) in [5, 5.41) is 0.701. The lowest BCUT2D eigenvalue weighted by molar-refractivity contribution is -0.131. The van der Waals surface area contributed by atoms with Crippen LogP contribution in [0.3, 0.4) is 0 Å². The fourth-order valence-corrected chi connectivity index (χ4v) is 2.52. The molecule has 2 N–H and O–H groups in total. The molecule has 2 rings (SSSR count). The Hall–Kier alpha value is -2.97. The number of rotatable bonds is 9. The van der Waals surface area contributed by atoms with Crippen molar-refractivity contribution >= 4 is 41.0 Å². The molecule has 0 spiro atoms. The minimum Gasteiger partial charge on any atom is -0.484 e. The number of benzene rings is 2. The average molecular weight is 455 g/mol. The molecule has 0 saturated heterocycles. The molecule has 0 aliphatic heterocycles. The number of carbonyl (C=O) groups is 3. The molecule has 0 bridgehead atoms. The zero-order valence-corrected chi connectivity index (χ0v) is 17.6. The Morgan fingerprint density at radius 1 is 0.900 bits per heavy atom. The molecule has 8 nitrogen and oxygen atoms in total. The van der Waals surface area contributed by atoms with Crippen molar-refractivity contribution in [2.75, 3.05) is 19.8 Å². The third-order valence-corrected chi connectivity index (χ3v) is 4.02. The average Bonchev–Trinajstić information content (AvgIpc) is 2.74. The van der Waals surface area contributed by atoms with E-state index in [1.54, 1.807) is 6.07 Å². The van der Waals surface area contributed by atoms with E-state index < -0.39 is 17.8 Å². The highest BCUT2D eigenvalue weighted by Gasteiger charge is 2.10. The zero-order valence-electron chi connectivity index (χ0n) is 16.1. The Morgan fingerprint density at radius 3 is 2.13 bits per heavy atom. The van der Waals surface area contributed by atoms with Crippen molar-refractivity contribution < 1.29 is 28.6 Å². The van der Waals surface area contributed by atoms with Crippen LogP contribution < -0.4 is 20.3 Å². The fourth-order valence-electron chi connectivity index (χ4n) is 2.06. The second-order valence-corrected chi connectivity index (χ2v) is 6.75. The van der Waals surface area contributed by atoms with E-state index in [2.05, 4.69) is 10.9 Å². The van der Waals surface area contributed by atoms with Gasteiger partial charge in [0.2, 0.25) is 0 Å². The van der Waals surface area contributed by atoms with Crippen LogP contribution in [0.15, 0.2) is 42.5 Å². The van der Waals surface area contributed by atoms with Gasteiger partial charge in [0, 0.05) is 5.02 Å². The maximum Gasteiger partial charge on any atom is 0.338 e. The SMILES string of the molecule is CCCOC(=O)c1ccc(OCC(=O)NNC(=O)COc2ccc(Cl)cc2Cl)cc1. The van der Waals surface area contributed by atoms with Gasteiger partial charge in [-0.2, -0.15) is 0 Å². The molecule has 0 saturated carbocycles. The van der Waals surface area contributed by atoms with E-state index in [0.717, 1.165) is 6.42 Å². The van der Waals surface area contributed by atoms with Gasteiger partial charge in [-0.3, -0.25) is 20.4 Å². The van der Waals surface area contributed by atoms with Crippen LogP contribution in [0.5, 0.6) is 11.5 Å². The Balaban J connectivity index is 1.69. The van der Waals surface area contributed by atoms with E-state index in [4.69, 9.17) is 37.4 Å². The van der Waals surface area contributed by atoms with Crippen LogP contribution in [-0.4, -0.2) is 37.6 Å². The van der Waals surface area contributed by atoms with Gasteiger partial charge in [-0.15, -0.1) is 0 Å². The van der Waals surface area contributed by atoms with Gasteiger partial charge in [0.15, 0.2) is 13.2 Å². The van der Waals surface area contributed by atoms with Crippen LogP contribution in [0.25, 0.3) is 0 Å². The summed E-state index contributed by atoms with van der Waals surface area (Å²) >= 11 is 11.7. The highest BCUT2D eigenvalue weighted by atomic mass is 35.5. The van der Waals surface area contributed by atoms with Crippen molar-refractivity contribution in [1.82, 2.24) is 10.9 Å². The quantitative estimate of drug-likeness (QED) is 0.445. The van der Waals surface area contributed by atoms with E-state index in [1.165, 1.54) is 36.4 Å². The van der Waals surface area contributed by atoms with Crippen LogP contribution in [0.1, 0.15) is 23.7 Å². The molecule has 0 aromatic heterocycles. The number of carbonyl (C=O) groups excluding carboxylic acids is 3. The number of ether oxygens (including phenoxy) is 3. The second-order valence-electron chi connectivity index (χ2n) is 5.91. The molecule has 0 heterocycles. The second kappa shape index (κ2) is 11.9. The number of esters is 1. The van der Waals surface area contributed by atoms with Crippen molar-refractivity contribution in [3.63, 3.8) is 0 Å². The van der Waals surface area contributed by atoms with E-state index in [-0.39, 0.29) is 24.0 Å². The summed E-state index contributed by atoms with van der Waals surface area (Å²) in [4.78, 5) is 35.2. The summed E-state index contributed by atoms with van der Waals surface area (Å²) in [6, 6.07) is 10.7. The molecule has 0 radical (unpaired) electrons. The Morgan fingerprint density at radius 2 is 1.53 bits per heavy atom. The topological polar surface area (TPSA) is 103 Å². The summed E-state index contributed by atoms with van der Waals surface area (Å²) < 4.78 is 15.6. The van der Waals surface area contributed by atoms with E-state index in [9.17, 15) is 14.4 Å². The van der Waals surface area contributed by atoms with Crippen molar-refractivity contribution in [2.45, 2.75) is 13.3 Å². The van der Waals surface area contributed by atoms with Gasteiger partial charge in [0.05, 0.1) is 17.2 Å². The number of amides is 2. The summed E-state index contributed by atoms with van der Waals surface area (Å²) in [6.07, 6.45) is 0.736. The van der Waals surface area contributed by atoms with Crippen molar-refractivity contribution in [3.05, 3.63) is 58.1 Å². The summed E-state index contributed by atoms with van der Waals surface area (Å²) in [6.45, 7) is 1.54. The maximum atomic E-state index is 11.8. The smallest absolute Gasteiger partial charge is 0.338 e. The molecule has 160 valence electrons. The minimum absolute atomic E-state index is 0.261. The number of nitrogens with one attached hydrogen (secondary N) is 2. The van der Waals surface area contributed by atoms with Crippen LogP contribution in [0.4, 0.5) is 0 Å². The number of hydrazine groups is 1. The molecular weight excluding hydrogens is 435 g/mol.